The Labute approximate surface area is 115 Å². The van der Waals surface area contributed by atoms with E-state index < -0.39 is 5.97 Å². The van der Waals surface area contributed by atoms with Gasteiger partial charge in [-0.25, -0.2) is 4.79 Å². The maximum atomic E-state index is 11.0. The number of aromatic carboxylic acids is 1. The lowest BCUT2D eigenvalue weighted by Crippen LogP contribution is -2.12. The predicted molar refractivity (Wildman–Crippen MR) is 70.9 cm³/mol. The summed E-state index contributed by atoms with van der Waals surface area (Å²) in [7, 11) is 0. The fourth-order valence-electron chi connectivity index (χ4n) is 1.66. The van der Waals surface area contributed by atoms with Crippen LogP contribution >= 0.6 is 11.6 Å². The Kier molecular flexibility index (Phi) is 4.06. The number of rotatable bonds is 5. The van der Waals surface area contributed by atoms with Crippen LogP contribution in [0.25, 0.3) is 0 Å². The number of para-hydroxylation sites is 1. The number of nitrogens with zero attached hydrogens (tertiary/aromatic N) is 2. The van der Waals surface area contributed by atoms with Gasteiger partial charge in [0.25, 0.3) is 0 Å². The van der Waals surface area contributed by atoms with Gasteiger partial charge in [0.2, 0.25) is 0 Å². The van der Waals surface area contributed by atoms with Crippen LogP contribution in [0.1, 0.15) is 16.1 Å². The van der Waals surface area contributed by atoms with Gasteiger partial charge >= 0.3 is 5.97 Å². The van der Waals surface area contributed by atoms with E-state index in [9.17, 15) is 4.79 Å². The summed E-state index contributed by atoms with van der Waals surface area (Å²) in [4.78, 5) is 11.0. The van der Waals surface area contributed by atoms with Gasteiger partial charge in [0.15, 0.2) is 0 Å². The van der Waals surface area contributed by atoms with Crippen molar-refractivity contribution < 1.29 is 14.6 Å². The Morgan fingerprint density at radius 1 is 1.47 bits per heavy atom. The molecule has 1 aromatic heterocycles. The number of carbonyl (C=O) groups is 1. The highest BCUT2D eigenvalue weighted by Gasteiger charge is 2.10. The van der Waals surface area contributed by atoms with Crippen molar-refractivity contribution in [1.29, 1.82) is 0 Å². The van der Waals surface area contributed by atoms with Gasteiger partial charge in [-0.2, -0.15) is 5.10 Å². The SMILES string of the molecule is Cc1c(Cl)cnn1CCOc1ccccc1C(=O)O. The summed E-state index contributed by atoms with van der Waals surface area (Å²) in [5.74, 6) is -0.653. The van der Waals surface area contributed by atoms with Crippen molar-refractivity contribution in [3.8, 4) is 5.75 Å². The third-order valence-electron chi connectivity index (χ3n) is 2.72. The first-order valence-electron chi connectivity index (χ1n) is 5.72. The molecule has 0 bridgehead atoms. The molecule has 0 aliphatic carbocycles. The lowest BCUT2D eigenvalue weighted by Gasteiger charge is -2.09. The smallest absolute Gasteiger partial charge is 0.339 e. The first kappa shape index (κ1) is 13.4. The molecule has 0 aliphatic heterocycles. The van der Waals surface area contributed by atoms with Gasteiger partial charge in [-0.1, -0.05) is 23.7 Å². The molecule has 5 nitrogen and oxygen atoms in total. The van der Waals surface area contributed by atoms with Crippen molar-refractivity contribution in [1.82, 2.24) is 9.78 Å². The quantitative estimate of drug-likeness (QED) is 0.914. The molecule has 2 aromatic rings. The number of ether oxygens (including phenoxy) is 1. The Morgan fingerprint density at radius 3 is 2.84 bits per heavy atom. The molecule has 0 spiro atoms. The second-order valence-electron chi connectivity index (χ2n) is 3.95. The summed E-state index contributed by atoms with van der Waals surface area (Å²) in [6.07, 6.45) is 1.57. The molecule has 6 heteroatoms. The Hall–Kier alpha value is -2.01. The van der Waals surface area contributed by atoms with Gasteiger partial charge in [0.1, 0.15) is 17.9 Å². The summed E-state index contributed by atoms with van der Waals surface area (Å²) in [5, 5.41) is 13.7. The summed E-state index contributed by atoms with van der Waals surface area (Å²) in [5.41, 5.74) is 1.01. The lowest BCUT2D eigenvalue weighted by molar-refractivity contribution is 0.0692. The molecule has 1 N–H and O–H groups in total. The fraction of sp³-hybridized carbons (Fsp3) is 0.231. The zero-order valence-corrected chi connectivity index (χ0v) is 11.1. The van der Waals surface area contributed by atoms with Crippen LogP contribution in [0.5, 0.6) is 5.75 Å². The van der Waals surface area contributed by atoms with E-state index in [-0.39, 0.29) is 5.56 Å². The minimum Gasteiger partial charge on any atom is -0.491 e. The minimum absolute atomic E-state index is 0.151. The van der Waals surface area contributed by atoms with E-state index in [1.165, 1.54) is 6.07 Å². The molecular weight excluding hydrogens is 268 g/mol. The number of carboxylic acids is 1. The van der Waals surface area contributed by atoms with Crippen LogP contribution in [0.3, 0.4) is 0 Å². The Morgan fingerprint density at radius 2 is 2.21 bits per heavy atom. The summed E-state index contributed by atoms with van der Waals surface area (Å²) >= 11 is 5.89. The van der Waals surface area contributed by atoms with Crippen molar-refractivity contribution >= 4 is 17.6 Å². The topological polar surface area (TPSA) is 64.4 Å². The number of benzene rings is 1. The van der Waals surface area contributed by atoms with Gasteiger partial charge in [-0.3, -0.25) is 4.68 Å². The van der Waals surface area contributed by atoms with E-state index in [0.29, 0.717) is 23.9 Å². The van der Waals surface area contributed by atoms with Crippen molar-refractivity contribution in [3.63, 3.8) is 0 Å². The molecule has 2 rings (SSSR count). The average molecular weight is 281 g/mol. The largest absolute Gasteiger partial charge is 0.491 e. The Bertz CT molecular complexity index is 595. The van der Waals surface area contributed by atoms with Crippen LogP contribution in [0.15, 0.2) is 30.5 Å². The zero-order chi connectivity index (χ0) is 13.8. The highest BCUT2D eigenvalue weighted by molar-refractivity contribution is 6.31. The van der Waals surface area contributed by atoms with Crippen LogP contribution in [0.4, 0.5) is 0 Å². The van der Waals surface area contributed by atoms with Crippen LogP contribution in [-0.4, -0.2) is 27.5 Å². The van der Waals surface area contributed by atoms with Gasteiger partial charge in [-0.05, 0) is 19.1 Å². The zero-order valence-electron chi connectivity index (χ0n) is 10.3. The fourth-order valence-corrected chi connectivity index (χ4v) is 1.80. The highest BCUT2D eigenvalue weighted by Crippen LogP contribution is 2.18. The van der Waals surface area contributed by atoms with E-state index in [1.807, 2.05) is 6.92 Å². The van der Waals surface area contributed by atoms with Crippen molar-refractivity contribution in [3.05, 3.63) is 46.7 Å². The molecular formula is C13H13ClN2O3. The van der Waals surface area contributed by atoms with E-state index >= 15 is 0 Å². The number of carboxylic acid groups (broad SMARTS) is 1. The van der Waals surface area contributed by atoms with Crippen molar-refractivity contribution in [2.45, 2.75) is 13.5 Å². The van der Waals surface area contributed by atoms with E-state index in [1.54, 1.807) is 29.1 Å². The molecule has 100 valence electrons. The number of aromatic nitrogens is 2. The molecule has 0 saturated carbocycles. The number of halogens is 1. The lowest BCUT2D eigenvalue weighted by atomic mass is 10.2. The molecule has 1 heterocycles. The minimum atomic E-state index is -1.01. The molecule has 19 heavy (non-hydrogen) atoms. The summed E-state index contributed by atoms with van der Waals surface area (Å²) < 4.78 is 7.20. The second-order valence-corrected chi connectivity index (χ2v) is 4.36. The van der Waals surface area contributed by atoms with Gasteiger partial charge in [0.05, 0.1) is 23.5 Å². The molecule has 0 atom stereocenters. The Balaban J connectivity index is 2.00. The van der Waals surface area contributed by atoms with E-state index in [0.717, 1.165) is 5.69 Å². The first-order chi connectivity index (χ1) is 9.09. The third-order valence-corrected chi connectivity index (χ3v) is 3.09. The average Bonchev–Trinajstić information content (AvgIpc) is 2.71. The number of hydrogen-bond acceptors (Lipinski definition) is 3. The molecule has 0 saturated heterocycles. The standard InChI is InChI=1S/C13H13ClN2O3/c1-9-11(14)8-15-16(9)6-7-19-12-5-3-2-4-10(12)13(17)18/h2-5,8H,6-7H2,1H3,(H,17,18). The van der Waals surface area contributed by atoms with Crippen LogP contribution in [0, 0.1) is 6.92 Å². The summed E-state index contributed by atoms with van der Waals surface area (Å²) in [6.45, 7) is 2.69. The van der Waals surface area contributed by atoms with Crippen molar-refractivity contribution in [2.75, 3.05) is 6.61 Å². The molecule has 0 aliphatic rings. The maximum Gasteiger partial charge on any atom is 0.339 e. The second kappa shape index (κ2) is 5.75. The molecule has 0 radical (unpaired) electrons. The molecule has 0 amide bonds. The monoisotopic (exact) mass is 280 g/mol. The van der Waals surface area contributed by atoms with Gasteiger partial charge in [-0.15, -0.1) is 0 Å². The van der Waals surface area contributed by atoms with E-state index in [2.05, 4.69) is 5.10 Å². The van der Waals surface area contributed by atoms with Gasteiger partial charge < -0.3 is 9.84 Å². The van der Waals surface area contributed by atoms with Crippen LogP contribution in [0.2, 0.25) is 5.02 Å². The number of hydrogen-bond donors (Lipinski definition) is 1. The van der Waals surface area contributed by atoms with Crippen molar-refractivity contribution in [2.24, 2.45) is 0 Å². The van der Waals surface area contributed by atoms with Crippen LogP contribution in [-0.2, 0) is 6.54 Å². The molecule has 0 unspecified atom stereocenters. The van der Waals surface area contributed by atoms with E-state index in [4.69, 9.17) is 21.4 Å². The van der Waals surface area contributed by atoms with Gasteiger partial charge in [0, 0.05) is 0 Å². The third kappa shape index (κ3) is 3.06. The van der Waals surface area contributed by atoms with Crippen LogP contribution < -0.4 is 4.74 Å². The predicted octanol–water partition coefficient (Wildman–Crippen LogP) is 2.62. The molecule has 1 aromatic carbocycles. The molecule has 0 fully saturated rings. The normalized spacial score (nSPS) is 10.4. The summed E-state index contributed by atoms with van der Waals surface area (Å²) in [6, 6.07) is 6.53. The highest BCUT2D eigenvalue weighted by atomic mass is 35.5. The maximum absolute atomic E-state index is 11.0. The first-order valence-corrected chi connectivity index (χ1v) is 6.10.